The SMILES string of the molecule is COCCn1ncc(C=O)c1S(=O)(=O)Cl. The van der Waals surface area contributed by atoms with E-state index >= 15 is 0 Å². The number of nitrogens with zero attached hydrogens (tertiary/aromatic N) is 2. The van der Waals surface area contributed by atoms with Gasteiger partial charge >= 0.3 is 0 Å². The molecule has 1 aromatic heterocycles. The maximum Gasteiger partial charge on any atom is 0.279 e. The molecule has 0 unspecified atom stereocenters. The second-order valence-corrected chi connectivity index (χ2v) is 5.16. The number of carbonyl (C=O) groups excluding carboxylic acids is 1. The molecule has 0 aliphatic carbocycles. The third-order valence-electron chi connectivity index (χ3n) is 1.68. The van der Waals surface area contributed by atoms with Gasteiger partial charge in [0.1, 0.15) is 0 Å². The molecule has 0 bridgehead atoms. The highest BCUT2D eigenvalue weighted by molar-refractivity contribution is 8.13. The van der Waals surface area contributed by atoms with E-state index in [9.17, 15) is 13.2 Å². The third-order valence-corrected chi connectivity index (χ3v) is 3.03. The predicted molar refractivity (Wildman–Crippen MR) is 52.5 cm³/mol. The molecule has 0 aliphatic rings. The van der Waals surface area contributed by atoms with Gasteiger partial charge in [-0.1, -0.05) is 0 Å². The Bertz CT molecular complexity index is 454. The number of rotatable bonds is 5. The molecule has 0 N–H and O–H groups in total. The van der Waals surface area contributed by atoms with E-state index in [1.54, 1.807) is 0 Å². The molecular formula is C7H9ClN2O4S. The van der Waals surface area contributed by atoms with Crippen molar-refractivity contribution < 1.29 is 17.9 Å². The van der Waals surface area contributed by atoms with E-state index in [2.05, 4.69) is 5.10 Å². The van der Waals surface area contributed by atoms with Gasteiger partial charge in [-0.25, -0.2) is 8.42 Å². The Balaban J connectivity index is 3.18. The van der Waals surface area contributed by atoms with E-state index in [1.165, 1.54) is 7.11 Å². The molecule has 0 saturated carbocycles. The number of aldehydes is 1. The Morgan fingerprint density at radius 2 is 2.33 bits per heavy atom. The molecule has 6 nitrogen and oxygen atoms in total. The summed E-state index contributed by atoms with van der Waals surface area (Å²) in [5, 5.41) is 3.44. The zero-order valence-electron chi connectivity index (χ0n) is 7.88. The van der Waals surface area contributed by atoms with E-state index < -0.39 is 9.05 Å². The molecule has 84 valence electrons. The van der Waals surface area contributed by atoms with Gasteiger partial charge in [0.25, 0.3) is 9.05 Å². The van der Waals surface area contributed by atoms with Crippen LogP contribution in [0.1, 0.15) is 10.4 Å². The molecule has 0 aromatic carbocycles. The smallest absolute Gasteiger partial charge is 0.279 e. The first-order valence-electron chi connectivity index (χ1n) is 3.95. The Morgan fingerprint density at radius 1 is 1.67 bits per heavy atom. The van der Waals surface area contributed by atoms with Crippen molar-refractivity contribution in [1.82, 2.24) is 9.78 Å². The van der Waals surface area contributed by atoms with Crippen LogP contribution < -0.4 is 0 Å². The van der Waals surface area contributed by atoms with Crippen LogP contribution >= 0.6 is 10.7 Å². The van der Waals surface area contributed by atoms with Crippen molar-refractivity contribution in [2.45, 2.75) is 11.6 Å². The quantitative estimate of drug-likeness (QED) is 0.555. The second-order valence-electron chi connectivity index (χ2n) is 2.68. The molecule has 0 saturated heterocycles. The summed E-state index contributed by atoms with van der Waals surface area (Å²) in [6.45, 7) is 0.491. The van der Waals surface area contributed by atoms with Crippen LogP contribution in [0.5, 0.6) is 0 Å². The summed E-state index contributed by atoms with van der Waals surface area (Å²) >= 11 is 0. The van der Waals surface area contributed by atoms with Crippen molar-refractivity contribution in [3.63, 3.8) is 0 Å². The lowest BCUT2D eigenvalue weighted by Gasteiger charge is -2.03. The fourth-order valence-electron chi connectivity index (χ4n) is 1.07. The number of aromatic nitrogens is 2. The van der Waals surface area contributed by atoms with Gasteiger partial charge in [-0.05, 0) is 0 Å². The van der Waals surface area contributed by atoms with E-state index in [4.69, 9.17) is 15.4 Å². The first kappa shape index (κ1) is 12.2. The lowest BCUT2D eigenvalue weighted by molar-refractivity contribution is 0.111. The van der Waals surface area contributed by atoms with Crippen molar-refractivity contribution in [1.29, 1.82) is 0 Å². The number of ether oxygens (including phenoxy) is 1. The van der Waals surface area contributed by atoms with Gasteiger partial charge in [-0.2, -0.15) is 5.10 Å². The summed E-state index contributed by atoms with van der Waals surface area (Å²) in [6, 6.07) is 0. The molecule has 0 aliphatic heterocycles. The molecule has 0 fully saturated rings. The molecule has 0 atom stereocenters. The van der Waals surface area contributed by atoms with Crippen LogP contribution in [0, 0.1) is 0 Å². The first-order chi connectivity index (χ1) is 7.00. The minimum absolute atomic E-state index is 0.0545. The molecule has 1 aromatic rings. The summed E-state index contributed by atoms with van der Waals surface area (Å²) in [5.74, 6) is 0. The van der Waals surface area contributed by atoms with Crippen LogP contribution in [0.15, 0.2) is 11.2 Å². The lowest BCUT2D eigenvalue weighted by Crippen LogP contribution is -2.11. The molecule has 0 spiro atoms. The average Bonchev–Trinajstić information content (AvgIpc) is 2.56. The fourth-order valence-corrected chi connectivity index (χ4v) is 2.35. The summed E-state index contributed by atoms with van der Waals surface area (Å²) in [5.41, 5.74) is -0.0545. The molecular weight excluding hydrogens is 244 g/mol. The van der Waals surface area contributed by atoms with Gasteiger partial charge in [0.15, 0.2) is 11.3 Å². The molecule has 0 radical (unpaired) electrons. The summed E-state index contributed by atoms with van der Waals surface area (Å²) < 4.78 is 28.2. The predicted octanol–water partition coefficient (Wildman–Crippen LogP) is 0.269. The highest BCUT2D eigenvalue weighted by Gasteiger charge is 2.22. The Morgan fingerprint density at radius 3 is 2.80 bits per heavy atom. The zero-order chi connectivity index (χ0) is 11.5. The summed E-state index contributed by atoms with van der Waals surface area (Å²) in [4.78, 5) is 10.6. The molecule has 8 heteroatoms. The van der Waals surface area contributed by atoms with Crippen molar-refractivity contribution in [3.05, 3.63) is 11.8 Å². The van der Waals surface area contributed by atoms with Crippen LogP contribution in [0.4, 0.5) is 0 Å². The lowest BCUT2D eigenvalue weighted by atomic mass is 10.4. The Kier molecular flexibility index (Phi) is 3.83. The van der Waals surface area contributed by atoms with Gasteiger partial charge in [0, 0.05) is 17.8 Å². The van der Waals surface area contributed by atoms with E-state index in [0.29, 0.717) is 6.29 Å². The van der Waals surface area contributed by atoms with Crippen LogP contribution in [0.25, 0.3) is 0 Å². The summed E-state index contributed by atoms with van der Waals surface area (Å²) in [7, 11) is 2.67. The number of carbonyl (C=O) groups is 1. The van der Waals surface area contributed by atoms with Gasteiger partial charge < -0.3 is 4.74 Å². The number of hydrogen-bond donors (Lipinski definition) is 0. The minimum atomic E-state index is -3.98. The van der Waals surface area contributed by atoms with Crippen LogP contribution in [-0.2, 0) is 20.3 Å². The fraction of sp³-hybridized carbons (Fsp3) is 0.429. The topological polar surface area (TPSA) is 78.3 Å². The van der Waals surface area contributed by atoms with Crippen molar-refractivity contribution in [3.8, 4) is 0 Å². The normalized spacial score (nSPS) is 11.6. The standard InChI is InChI=1S/C7H9ClN2O4S/c1-14-3-2-10-7(15(8,12)13)6(5-11)4-9-10/h4-5H,2-3H2,1H3. The van der Waals surface area contributed by atoms with Gasteiger partial charge in [-0.3, -0.25) is 9.48 Å². The highest BCUT2D eigenvalue weighted by Crippen LogP contribution is 2.18. The number of hydrogen-bond acceptors (Lipinski definition) is 5. The van der Waals surface area contributed by atoms with Crippen molar-refractivity contribution in [2.24, 2.45) is 0 Å². The molecule has 1 heterocycles. The first-order valence-corrected chi connectivity index (χ1v) is 6.26. The Hall–Kier alpha value is -0.920. The molecule has 15 heavy (non-hydrogen) atoms. The van der Waals surface area contributed by atoms with E-state index in [-0.39, 0.29) is 23.7 Å². The maximum absolute atomic E-state index is 11.2. The number of methoxy groups -OCH3 is 1. The third kappa shape index (κ3) is 2.77. The molecule has 1 rings (SSSR count). The van der Waals surface area contributed by atoms with Crippen LogP contribution in [0.3, 0.4) is 0 Å². The van der Waals surface area contributed by atoms with Crippen molar-refractivity contribution >= 4 is 26.0 Å². The van der Waals surface area contributed by atoms with Crippen LogP contribution in [-0.4, -0.2) is 38.2 Å². The van der Waals surface area contributed by atoms with Crippen molar-refractivity contribution in [2.75, 3.05) is 13.7 Å². The monoisotopic (exact) mass is 252 g/mol. The van der Waals surface area contributed by atoms with Gasteiger partial charge in [-0.15, -0.1) is 0 Å². The average molecular weight is 253 g/mol. The van der Waals surface area contributed by atoms with E-state index in [1.807, 2.05) is 0 Å². The largest absolute Gasteiger partial charge is 0.383 e. The highest BCUT2D eigenvalue weighted by atomic mass is 35.7. The number of halogens is 1. The zero-order valence-corrected chi connectivity index (χ0v) is 9.45. The van der Waals surface area contributed by atoms with Gasteiger partial charge in [0.05, 0.1) is 24.9 Å². The maximum atomic E-state index is 11.2. The summed E-state index contributed by atoms with van der Waals surface area (Å²) in [6.07, 6.45) is 1.55. The minimum Gasteiger partial charge on any atom is -0.383 e. The van der Waals surface area contributed by atoms with E-state index in [0.717, 1.165) is 10.9 Å². The van der Waals surface area contributed by atoms with Gasteiger partial charge in [0.2, 0.25) is 0 Å². The molecule has 0 amide bonds. The van der Waals surface area contributed by atoms with Crippen LogP contribution in [0.2, 0.25) is 0 Å². The Labute approximate surface area is 91.2 Å². The second kappa shape index (κ2) is 4.73.